The van der Waals surface area contributed by atoms with Crippen LogP contribution in [0.5, 0.6) is 0 Å². The van der Waals surface area contributed by atoms with Crippen LogP contribution in [0.3, 0.4) is 0 Å². The molecule has 2 aromatic heterocycles. The fourth-order valence-corrected chi connectivity index (χ4v) is 2.15. The zero-order valence-corrected chi connectivity index (χ0v) is 12.6. The molecular weight excluding hydrogens is 242 g/mol. The van der Waals surface area contributed by atoms with E-state index in [0.717, 1.165) is 28.0 Å². The Labute approximate surface area is 113 Å². The van der Waals surface area contributed by atoms with Crippen LogP contribution in [0.15, 0.2) is 12.3 Å². The third-order valence-corrected chi connectivity index (χ3v) is 4.20. The van der Waals surface area contributed by atoms with Gasteiger partial charge in [-0.3, -0.25) is 0 Å². The van der Waals surface area contributed by atoms with Gasteiger partial charge in [-0.1, -0.05) is 27.7 Å². The summed E-state index contributed by atoms with van der Waals surface area (Å²) in [6, 6.07) is 2.09. The average Bonchev–Trinajstić information content (AvgIpc) is 2.54. The largest absolute Gasteiger partial charge is 0.329 e. The summed E-state index contributed by atoms with van der Waals surface area (Å²) in [5, 5.41) is 0. The molecule has 1 N–H and O–H groups in total. The maximum Gasteiger partial charge on any atom is 0.179 e. The molecule has 0 aliphatic carbocycles. The van der Waals surface area contributed by atoms with Crippen LogP contribution in [0.1, 0.15) is 33.3 Å². The third kappa shape index (κ3) is 2.34. The Bertz CT molecular complexity index is 619. The fraction of sp³-hybridized carbons (Fsp3) is 0.571. The molecule has 2 rings (SSSR count). The van der Waals surface area contributed by atoms with E-state index in [9.17, 15) is 0 Å². The minimum absolute atomic E-state index is 0.194. The van der Waals surface area contributed by atoms with E-state index in [2.05, 4.69) is 48.3 Å². The molecule has 98 valence electrons. The number of rotatable bonds is 3. The van der Waals surface area contributed by atoms with Crippen LogP contribution in [0.25, 0.3) is 11.2 Å². The van der Waals surface area contributed by atoms with Crippen LogP contribution < -0.4 is 0 Å². The molecule has 18 heavy (non-hydrogen) atoms. The second kappa shape index (κ2) is 4.50. The number of hydrogen-bond acceptors (Lipinski definition) is 2. The highest BCUT2D eigenvalue weighted by Gasteiger charge is 2.24. The predicted molar refractivity (Wildman–Crippen MR) is 78.3 cm³/mol. The van der Waals surface area contributed by atoms with E-state index < -0.39 is 0 Å². The van der Waals surface area contributed by atoms with E-state index in [1.807, 2.05) is 13.1 Å². The highest BCUT2D eigenvalue weighted by molar-refractivity contribution is 7.71. The quantitative estimate of drug-likeness (QED) is 0.846. The molecule has 0 bridgehead atoms. The number of imidazole rings is 1. The molecule has 0 saturated carbocycles. The molecule has 0 spiro atoms. The maximum atomic E-state index is 5.42. The molecular formula is C14H21N3S. The van der Waals surface area contributed by atoms with Crippen molar-refractivity contribution in [2.24, 2.45) is 11.3 Å². The van der Waals surface area contributed by atoms with Gasteiger partial charge >= 0.3 is 0 Å². The number of nitrogens with zero attached hydrogens (tertiary/aromatic N) is 2. The highest BCUT2D eigenvalue weighted by Crippen LogP contribution is 2.29. The molecule has 3 nitrogen and oxygen atoms in total. The summed E-state index contributed by atoms with van der Waals surface area (Å²) in [5.41, 5.74) is 3.33. The Morgan fingerprint density at radius 2 is 2.11 bits per heavy atom. The number of aromatic amines is 1. The number of aryl methyl sites for hydroxylation is 1. The number of aromatic nitrogens is 3. The van der Waals surface area contributed by atoms with Gasteiger partial charge in [0, 0.05) is 12.7 Å². The van der Waals surface area contributed by atoms with Crippen molar-refractivity contribution < 1.29 is 0 Å². The molecule has 0 aliphatic rings. The van der Waals surface area contributed by atoms with E-state index >= 15 is 0 Å². The van der Waals surface area contributed by atoms with Crippen molar-refractivity contribution in [3.63, 3.8) is 0 Å². The van der Waals surface area contributed by atoms with E-state index in [1.165, 1.54) is 0 Å². The van der Waals surface area contributed by atoms with Gasteiger partial charge in [0.2, 0.25) is 0 Å². The van der Waals surface area contributed by atoms with Crippen molar-refractivity contribution in [3.8, 4) is 0 Å². The molecule has 2 aromatic rings. The molecule has 0 atom stereocenters. The number of hydrogen-bond donors (Lipinski definition) is 1. The molecule has 0 radical (unpaired) electrons. The Hall–Kier alpha value is -1.16. The molecule has 0 aliphatic heterocycles. The number of nitrogens with one attached hydrogen (secondary N) is 1. The van der Waals surface area contributed by atoms with Gasteiger partial charge in [-0.05, 0) is 42.1 Å². The third-order valence-electron chi connectivity index (χ3n) is 3.87. The molecule has 0 unspecified atom stereocenters. The SMILES string of the molecule is Cc1cnc2c(c1)[nH]c(=S)n2CC(C)(C)C(C)C. The lowest BCUT2D eigenvalue weighted by Gasteiger charge is -2.29. The lowest BCUT2D eigenvalue weighted by atomic mass is 9.81. The van der Waals surface area contributed by atoms with Gasteiger partial charge < -0.3 is 9.55 Å². The van der Waals surface area contributed by atoms with Gasteiger partial charge in [0.15, 0.2) is 10.4 Å². The second-order valence-electron chi connectivity index (χ2n) is 6.04. The number of H-pyrrole nitrogens is 1. The van der Waals surface area contributed by atoms with E-state index in [1.54, 1.807) is 0 Å². The summed E-state index contributed by atoms with van der Waals surface area (Å²) < 4.78 is 2.88. The van der Waals surface area contributed by atoms with E-state index in [-0.39, 0.29) is 5.41 Å². The summed E-state index contributed by atoms with van der Waals surface area (Å²) in [6.45, 7) is 12.0. The number of pyridine rings is 1. The summed E-state index contributed by atoms with van der Waals surface area (Å²) >= 11 is 5.42. The Kier molecular flexibility index (Phi) is 3.32. The van der Waals surface area contributed by atoms with Crippen LogP contribution in [-0.4, -0.2) is 14.5 Å². The van der Waals surface area contributed by atoms with Crippen molar-refractivity contribution in [1.82, 2.24) is 14.5 Å². The fourth-order valence-electron chi connectivity index (χ4n) is 1.88. The summed E-state index contributed by atoms with van der Waals surface area (Å²) in [6.07, 6.45) is 1.89. The van der Waals surface area contributed by atoms with E-state index in [4.69, 9.17) is 12.2 Å². The topological polar surface area (TPSA) is 33.6 Å². The van der Waals surface area contributed by atoms with Crippen LogP contribution >= 0.6 is 12.2 Å². The first-order valence-corrected chi connectivity index (χ1v) is 6.77. The molecule has 0 saturated heterocycles. The minimum atomic E-state index is 0.194. The minimum Gasteiger partial charge on any atom is -0.329 e. The zero-order chi connectivity index (χ0) is 13.5. The number of fused-ring (bicyclic) bond motifs is 1. The lowest BCUT2D eigenvalue weighted by Crippen LogP contribution is -2.25. The Morgan fingerprint density at radius 1 is 1.44 bits per heavy atom. The van der Waals surface area contributed by atoms with Crippen molar-refractivity contribution in [1.29, 1.82) is 0 Å². The second-order valence-corrected chi connectivity index (χ2v) is 6.43. The van der Waals surface area contributed by atoms with Crippen LogP contribution in [0.4, 0.5) is 0 Å². The van der Waals surface area contributed by atoms with Gasteiger partial charge in [0.1, 0.15) is 0 Å². The lowest BCUT2D eigenvalue weighted by molar-refractivity contribution is 0.211. The van der Waals surface area contributed by atoms with Crippen LogP contribution in [-0.2, 0) is 6.54 Å². The first-order valence-electron chi connectivity index (χ1n) is 6.36. The smallest absolute Gasteiger partial charge is 0.179 e. The standard InChI is InChI=1S/C14H21N3S/c1-9(2)14(4,5)8-17-12-11(16-13(17)18)6-10(3)7-15-12/h6-7,9H,8H2,1-5H3,(H,16,18). The van der Waals surface area contributed by atoms with Gasteiger partial charge in [-0.2, -0.15) is 0 Å². The highest BCUT2D eigenvalue weighted by atomic mass is 32.1. The summed E-state index contributed by atoms with van der Waals surface area (Å²) in [5.74, 6) is 0.592. The zero-order valence-electron chi connectivity index (χ0n) is 11.7. The maximum absolute atomic E-state index is 5.42. The van der Waals surface area contributed by atoms with Gasteiger partial charge in [0.25, 0.3) is 0 Å². The Morgan fingerprint density at radius 3 is 2.72 bits per heavy atom. The normalized spacial score (nSPS) is 12.6. The van der Waals surface area contributed by atoms with Crippen molar-refractivity contribution in [2.45, 2.75) is 41.2 Å². The van der Waals surface area contributed by atoms with Crippen LogP contribution in [0.2, 0.25) is 0 Å². The monoisotopic (exact) mass is 263 g/mol. The summed E-state index contributed by atoms with van der Waals surface area (Å²) in [4.78, 5) is 7.75. The molecule has 2 heterocycles. The average molecular weight is 263 g/mol. The van der Waals surface area contributed by atoms with Crippen molar-refractivity contribution >= 4 is 23.4 Å². The first-order chi connectivity index (χ1) is 8.31. The van der Waals surface area contributed by atoms with Crippen molar-refractivity contribution in [2.75, 3.05) is 0 Å². The van der Waals surface area contributed by atoms with Gasteiger partial charge in [-0.25, -0.2) is 4.98 Å². The Balaban J connectivity index is 2.52. The van der Waals surface area contributed by atoms with Crippen molar-refractivity contribution in [3.05, 3.63) is 22.6 Å². The van der Waals surface area contributed by atoms with Gasteiger partial charge in [0.05, 0.1) is 5.52 Å². The first kappa shape index (κ1) is 13.3. The van der Waals surface area contributed by atoms with E-state index in [0.29, 0.717) is 5.92 Å². The van der Waals surface area contributed by atoms with Gasteiger partial charge in [-0.15, -0.1) is 0 Å². The predicted octanol–water partition coefficient (Wildman–Crippen LogP) is 4.08. The molecule has 4 heteroatoms. The molecule has 0 aromatic carbocycles. The molecule has 0 amide bonds. The van der Waals surface area contributed by atoms with Crippen LogP contribution in [0, 0.1) is 23.0 Å². The molecule has 0 fully saturated rings. The summed E-state index contributed by atoms with van der Waals surface area (Å²) in [7, 11) is 0.